The fraction of sp³-hybridized carbons (Fsp3) is 0.238. The van der Waals surface area contributed by atoms with Crippen LogP contribution in [0.4, 0.5) is 0 Å². The van der Waals surface area contributed by atoms with Crippen LogP contribution in [0, 0.1) is 13.8 Å². The molecule has 0 saturated heterocycles. The molecule has 1 amide bonds. The van der Waals surface area contributed by atoms with E-state index in [1.807, 2.05) is 56.3 Å². The second-order valence-corrected chi connectivity index (χ2v) is 5.96. The van der Waals surface area contributed by atoms with Crippen LogP contribution < -0.4 is 10.1 Å². The number of rotatable bonds is 7. The summed E-state index contributed by atoms with van der Waals surface area (Å²) < 4.78 is 10.8. The summed E-state index contributed by atoms with van der Waals surface area (Å²) in [5.41, 5.74) is 3.10. The number of benzene rings is 2. The second kappa shape index (κ2) is 9.42. The Bertz CT molecular complexity index is 777. The molecule has 0 aromatic heterocycles. The third-order valence-corrected chi connectivity index (χ3v) is 3.42. The summed E-state index contributed by atoms with van der Waals surface area (Å²) in [6, 6.07) is 15.1. The number of aryl methyl sites for hydroxylation is 2. The molecule has 2 rings (SSSR count). The lowest BCUT2D eigenvalue weighted by Crippen LogP contribution is -2.27. The lowest BCUT2D eigenvalue weighted by Gasteiger charge is -2.11. The quantitative estimate of drug-likeness (QED) is 0.471. The Balaban J connectivity index is 1.92. The van der Waals surface area contributed by atoms with Crippen molar-refractivity contribution in [3.8, 4) is 5.75 Å². The van der Waals surface area contributed by atoms with Gasteiger partial charge in [0.25, 0.3) is 0 Å². The van der Waals surface area contributed by atoms with E-state index in [1.165, 1.54) is 6.92 Å². The third-order valence-electron chi connectivity index (χ3n) is 3.42. The number of esters is 1. The minimum absolute atomic E-state index is 0.0809. The van der Waals surface area contributed by atoms with Gasteiger partial charge >= 0.3 is 5.97 Å². The summed E-state index contributed by atoms with van der Waals surface area (Å²) in [5, 5.41) is 2.51. The average molecular weight is 353 g/mol. The number of carbonyl (C=O) groups excluding carboxylic acids is 2. The molecule has 0 saturated carbocycles. The van der Waals surface area contributed by atoms with Crippen molar-refractivity contribution in [1.82, 2.24) is 5.32 Å². The van der Waals surface area contributed by atoms with Gasteiger partial charge < -0.3 is 14.8 Å². The van der Waals surface area contributed by atoms with Crippen LogP contribution in [0.25, 0.3) is 6.08 Å². The van der Waals surface area contributed by atoms with Crippen LogP contribution in [0.2, 0.25) is 0 Å². The summed E-state index contributed by atoms with van der Waals surface area (Å²) in [5.74, 6) is -0.204. The molecule has 0 unspecified atom stereocenters. The zero-order valence-electron chi connectivity index (χ0n) is 15.2. The zero-order valence-corrected chi connectivity index (χ0v) is 15.2. The lowest BCUT2D eigenvalue weighted by molar-refractivity contribution is -0.141. The van der Waals surface area contributed by atoms with Crippen LogP contribution >= 0.6 is 0 Å². The average Bonchev–Trinajstić information content (AvgIpc) is 2.57. The van der Waals surface area contributed by atoms with E-state index in [0.29, 0.717) is 0 Å². The number of amides is 1. The van der Waals surface area contributed by atoms with Crippen molar-refractivity contribution in [3.05, 3.63) is 70.9 Å². The SMILES string of the molecule is CC(=O)N/C(=C\c1ccccc1)C(=O)OCCOc1cc(C)cc(C)c1. The molecule has 26 heavy (non-hydrogen) atoms. The summed E-state index contributed by atoms with van der Waals surface area (Å²) in [6.07, 6.45) is 1.58. The van der Waals surface area contributed by atoms with Gasteiger partial charge in [-0.3, -0.25) is 4.79 Å². The molecule has 0 spiro atoms. The van der Waals surface area contributed by atoms with Crippen molar-refractivity contribution in [3.63, 3.8) is 0 Å². The van der Waals surface area contributed by atoms with Gasteiger partial charge in [-0.15, -0.1) is 0 Å². The Morgan fingerprint density at radius 2 is 1.65 bits per heavy atom. The Morgan fingerprint density at radius 1 is 1.00 bits per heavy atom. The van der Waals surface area contributed by atoms with Gasteiger partial charge in [0.2, 0.25) is 5.91 Å². The van der Waals surface area contributed by atoms with E-state index in [-0.39, 0.29) is 24.8 Å². The molecule has 0 fully saturated rings. The number of carbonyl (C=O) groups is 2. The van der Waals surface area contributed by atoms with Crippen molar-refractivity contribution >= 4 is 18.0 Å². The first-order valence-electron chi connectivity index (χ1n) is 8.36. The highest BCUT2D eigenvalue weighted by Crippen LogP contribution is 2.16. The number of nitrogens with one attached hydrogen (secondary N) is 1. The van der Waals surface area contributed by atoms with Gasteiger partial charge in [0.05, 0.1) is 0 Å². The first-order chi connectivity index (χ1) is 12.4. The molecule has 1 N–H and O–H groups in total. The van der Waals surface area contributed by atoms with Crippen molar-refractivity contribution < 1.29 is 19.1 Å². The normalized spacial score (nSPS) is 11.0. The molecule has 0 heterocycles. The Labute approximate surface area is 153 Å². The first-order valence-corrected chi connectivity index (χ1v) is 8.36. The summed E-state index contributed by atoms with van der Waals surface area (Å²) in [6.45, 7) is 5.64. The minimum Gasteiger partial charge on any atom is -0.490 e. The predicted molar refractivity (Wildman–Crippen MR) is 101 cm³/mol. The molecular formula is C21H23NO4. The molecule has 0 atom stereocenters. The van der Waals surface area contributed by atoms with Crippen LogP contribution in [0.15, 0.2) is 54.2 Å². The summed E-state index contributed by atoms with van der Waals surface area (Å²) >= 11 is 0. The Kier molecular flexibility index (Phi) is 6.97. The Morgan fingerprint density at radius 3 is 2.27 bits per heavy atom. The molecule has 0 aliphatic rings. The molecular weight excluding hydrogens is 330 g/mol. The molecule has 0 radical (unpaired) electrons. The van der Waals surface area contributed by atoms with Gasteiger partial charge in [0.15, 0.2) is 0 Å². The van der Waals surface area contributed by atoms with Gasteiger partial charge in [-0.2, -0.15) is 0 Å². The highest BCUT2D eigenvalue weighted by Gasteiger charge is 2.13. The smallest absolute Gasteiger partial charge is 0.354 e. The first kappa shape index (κ1) is 19.2. The van der Waals surface area contributed by atoms with Crippen molar-refractivity contribution in [1.29, 1.82) is 0 Å². The van der Waals surface area contributed by atoms with Crippen molar-refractivity contribution in [2.24, 2.45) is 0 Å². The summed E-state index contributed by atoms with van der Waals surface area (Å²) in [4.78, 5) is 23.6. The van der Waals surface area contributed by atoms with Crippen LogP contribution in [0.5, 0.6) is 5.75 Å². The molecule has 0 bridgehead atoms. The molecule has 136 valence electrons. The van der Waals surface area contributed by atoms with E-state index in [1.54, 1.807) is 6.08 Å². The topological polar surface area (TPSA) is 64.6 Å². The maximum absolute atomic E-state index is 12.2. The van der Waals surface area contributed by atoms with Crippen LogP contribution in [0.1, 0.15) is 23.6 Å². The van der Waals surface area contributed by atoms with Crippen molar-refractivity contribution in [2.45, 2.75) is 20.8 Å². The minimum atomic E-state index is -0.604. The molecule has 2 aromatic carbocycles. The summed E-state index contributed by atoms with van der Waals surface area (Å²) in [7, 11) is 0. The largest absolute Gasteiger partial charge is 0.490 e. The number of ether oxygens (including phenoxy) is 2. The standard InChI is InChI=1S/C21H23NO4/c1-15-11-16(2)13-19(12-15)25-9-10-26-21(24)20(22-17(3)23)14-18-7-5-4-6-8-18/h4-8,11-14H,9-10H2,1-3H3,(H,22,23)/b20-14-. The van der Waals surface area contributed by atoms with Gasteiger partial charge in [0, 0.05) is 6.92 Å². The van der Waals surface area contributed by atoms with E-state index >= 15 is 0 Å². The fourth-order valence-corrected chi connectivity index (χ4v) is 2.44. The lowest BCUT2D eigenvalue weighted by atomic mass is 10.1. The predicted octanol–water partition coefficient (Wildman–Crippen LogP) is 3.40. The monoisotopic (exact) mass is 353 g/mol. The Hall–Kier alpha value is -3.08. The highest BCUT2D eigenvalue weighted by atomic mass is 16.6. The molecule has 5 heteroatoms. The fourth-order valence-electron chi connectivity index (χ4n) is 2.44. The van der Waals surface area contributed by atoms with E-state index in [2.05, 4.69) is 11.4 Å². The maximum atomic E-state index is 12.2. The van der Waals surface area contributed by atoms with Crippen molar-refractivity contribution in [2.75, 3.05) is 13.2 Å². The number of hydrogen-bond donors (Lipinski definition) is 1. The zero-order chi connectivity index (χ0) is 18.9. The van der Waals surface area contributed by atoms with Crippen LogP contribution in [-0.4, -0.2) is 25.1 Å². The molecule has 0 aliphatic heterocycles. The second-order valence-electron chi connectivity index (χ2n) is 5.96. The van der Waals surface area contributed by atoms with E-state index in [0.717, 1.165) is 22.4 Å². The van der Waals surface area contributed by atoms with E-state index in [4.69, 9.17) is 9.47 Å². The van der Waals surface area contributed by atoms with Gasteiger partial charge in [-0.25, -0.2) is 4.79 Å². The van der Waals surface area contributed by atoms with Crippen LogP contribution in [-0.2, 0) is 14.3 Å². The number of hydrogen-bond acceptors (Lipinski definition) is 4. The van der Waals surface area contributed by atoms with Gasteiger partial charge in [-0.05, 0) is 48.7 Å². The highest BCUT2D eigenvalue weighted by molar-refractivity contribution is 5.97. The van der Waals surface area contributed by atoms with E-state index < -0.39 is 5.97 Å². The molecule has 0 aliphatic carbocycles. The molecule has 5 nitrogen and oxygen atoms in total. The maximum Gasteiger partial charge on any atom is 0.354 e. The van der Waals surface area contributed by atoms with E-state index in [9.17, 15) is 9.59 Å². The van der Waals surface area contributed by atoms with Gasteiger partial charge in [-0.1, -0.05) is 36.4 Å². The molecule has 2 aromatic rings. The van der Waals surface area contributed by atoms with Gasteiger partial charge in [0.1, 0.15) is 24.7 Å². The van der Waals surface area contributed by atoms with Crippen LogP contribution in [0.3, 0.4) is 0 Å². The third kappa shape index (κ3) is 6.43.